The third-order valence-corrected chi connectivity index (χ3v) is 15.9. The van der Waals surface area contributed by atoms with Crippen LogP contribution in [0.2, 0.25) is 0 Å². The summed E-state index contributed by atoms with van der Waals surface area (Å²) in [5, 5.41) is 41.6. The van der Waals surface area contributed by atoms with Crippen LogP contribution >= 0.6 is 88.5 Å². The fourth-order valence-corrected chi connectivity index (χ4v) is 10.2. The number of hydrogen-bond acceptors (Lipinski definition) is 17. The second kappa shape index (κ2) is 53.5. The van der Waals surface area contributed by atoms with Gasteiger partial charge in [-0.25, -0.2) is 0 Å². The summed E-state index contributed by atoms with van der Waals surface area (Å²) in [7, 11) is -3.67. The van der Waals surface area contributed by atoms with Crippen molar-refractivity contribution in [1.29, 1.82) is 0 Å². The average molecular weight is 1380 g/mol. The predicted octanol–water partition coefficient (Wildman–Crippen LogP) is 15.7. The van der Waals surface area contributed by atoms with Crippen LogP contribution in [0.5, 0.6) is 20.3 Å². The van der Waals surface area contributed by atoms with Gasteiger partial charge in [0, 0.05) is 72.1 Å². The molecule has 7 rings (SSSR count). The number of aliphatic hydroxyl groups is 4. The topological polar surface area (TPSA) is 178 Å². The maximum absolute atomic E-state index is 12.0. The molecule has 0 spiro atoms. The van der Waals surface area contributed by atoms with E-state index in [1.165, 1.54) is 30.4 Å². The number of rotatable bonds is 25. The van der Waals surface area contributed by atoms with Crippen LogP contribution in [0.25, 0.3) is 0 Å². The van der Waals surface area contributed by atoms with E-state index in [1.807, 2.05) is 67.1 Å². The number of aryl methyl sites for hydroxylation is 3. The molecule has 2 aromatic carbocycles. The first-order valence-corrected chi connectivity index (χ1v) is 32.9. The van der Waals surface area contributed by atoms with E-state index in [0.717, 1.165) is 63.4 Å². The zero-order valence-corrected chi connectivity index (χ0v) is 53.6. The Labute approximate surface area is 511 Å². The maximum atomic E-state index is 12.0. The second-order valence-electron chi connectivity index (χ2n) is 15.3. The van der Waals surface area contributed by atoms with Gasteiger partial charge in [0.1, 0.15) is 0 Å². The number of halogens is 2. The van der Waals surface area contributed by atoms with Gasteiger partial charge in [-0.15, -0.1) is 56.7 Å². The Morgan fingerprint density at radius 3 is 1.36 bits per heavy atom. The van der Waals surface area contributed by atoms with Crippen LogP contribution in [0.4, 0.5) is 0 Å². The number of unbranched alkanes of at least 4 members (excludes halogenated alkanes) is 1. The van der Waals surface area contributed by atoms with Gasteiger partial charge >= 0.3 is 19.8 Å². The minimum atomic E-state index is -3.67. The Morgan fingerprint density at radius 1 is 0.513 bits per heavy atom. The molecule has 0 saturated heterocycles. The van der Waals surface area contributed by atoms with Gasteiger partial charge in [0.15, 0.2) is 20.3 Å². The summed E-state index contributed by atoms with van der Waals surface area (Å²) >= 11 is 17.7. The number of hydrogen-bond donors (Lipinski definition) is 4. The monoisotopic (exact) mass is 1370 g/mol. The third kappa shape index (κ3) is 41.2. The van der Waals surface area contributed by atoms with E-state index in [1.54, 1.807) is 80.9 Å². The molecule has 0 radical (unpaired) electrons. The zero-order valence-electron chi connectivity index (χ0n) is 44.6. The molecule has 21 heteroatoms. The van der Waals surface area contributed by atoms with E-state index in [9.17, 15) is 8.42 Å². The van der Waals surface area contributed by atoms with Crippen LogP contribution in [-0.4, -0.2) is 93.6 Å². The molecule has 4 N–H and O–H groups in total. The quantitative estimate of drug-likeness (QED) is 0.0185. The van der Waals surface area contributed by atoms with Crippen LogP contribution in [0.1, 0.15) is 99.4 Å². The summed E-state index contributed by atoms with van der Waals surface area (Å²) in [6.07, 6.45) is 7.80. The van der Waals surface area contributed by atoms with Crippen LogP contribution in [0.3, 0.4) is 0 Å². The predicted molar refractivity (Wildman–Crippen MR) is 332 cm³/mol. The number of aliphatic hydroxyl groups excluding tert-OH is 4. The number of ether oxygens (including phenoxy) is 4. The normalized spacial score (nSPS) is 9.86. The molecule has 0 aliphatic rings. The summed E-state index contributed by atoms with van der Waals surface area (Å²) in [6, 6.07) is 37.3. The van der Waals surface area contributed by atoms with Gasteiger partial charge in [0.2, 0.25) is 0 Å². The summed E-state index contributed by atoms with van der Waals surface area (Å²) in [5.41, 5.74) is 2.37. The van der Waals surface area contributed by atoms with E-state index in [2.05, 4.69) is 117 Å². The summed E-state index contributed by atoms with van der Waals surface area (Å²) in [6.45, 7) is 13.5. The van der Waals surface area contributed by atoms with E-state index < -0.39 is 10.1 Å². The molecule has 12 nitrogen and oxygen atoms in total. The molecule has 0 fully saturated rings. The molecule has 0 aliphatic heterocycles. The summed E-state index contributed by atoms with van der Waals surface area (Å²) in [4.78, 5) is 4.16. The van der Waals surface area contributed by atoms with Crippen molar-refractivity contribution in [2.75, 3.05) is 64.8 Å². The minimum absolute atomic E-state index is 0. The van der Waals surface area contributed by atoms with Crippen molar-refractivity contribution >= 4 is 98.7 Å². The third-order valence-electron chi connectivity index (χ3n) is 9.04. The Morgan fingerprint density at radius 2 is 0.962 bits per heavy atom. The zero-order chi connectivity index (χ0) is 57.2. The molecule has 0 atom stereocenters. The second-order valence-corrected chi connectivity index (χ2v) is 24.7. The van der Waals surface area contributed by atoms with Crippen molar-refractivity contribution in [3.8, 4) is 20.3 Å². The molecule has 0 saturated carbocycles. The fraction of sp³-hybridized carbons (Fsp3) is 0.439. The van der Waals surface area contributed by atoms with Gasteiger partial charge in [-0.3, -0.25) is 4.18 Å². The van der Waals surface area contributed by atoms with E-state index >= 15 is 0 Å². The van der Waals surface area contributed by atoms with Crippen LogP contribution in [0, 0.1) is 6.92 Å². The SMILES string of the molecule is Brc1cccs1.C.CCBr.CCCCOc1ccc(Cc2ccccc2)s1.CCc1ccc(OCCCO)s1.CCc1ccc(OCCCOS(=O)(=O)c2ccc(C)cc2)s1.OCCCO.OCCCOc1cccs1.[O]=[Cu]. The van der Waals surface area contributed by atoms with E-state index in [-0.39, 0.29) is 45.4 Å². The van der Waals surface area contributed by atoms with Crippen molar-refractivity contribution in [2.45, 2.75) is 105 Å². The molecule has 5 heterocycles. The van der Waals surface area contributed by atoms with Gasteiger partial charge in [-0.1, -0.05) is 112 Å². The molecule has 78 heavy (non-hydrogen) atoms. The Hall–Kier alpha value is -2.83. The molecular formula is C57H82Br2CuO12S6. The molecule has 0 aliphatic carbocycles. The van der Waals surface area contributed by atoms with Gasteiger partial charge < -0.3 is 39.4 Å². The first kappa shape index (κ1) is 77.2. The standard InChI is InChI=1S/C16H20O4S2.C15H18OS.C9H14O2S.C7H10O2S.C4H3BrS.C3H8O2.C2H5Br.CH4.Cu.O/c1-3-14-7-10-16(21-14)19-11-4-12-20-22(17,18)15-8-5-13(2)6-9-15;1-2-3-11-16-15-10-9-14(17-15)12-13-7-5-4-6-8-13;1-2-8-4-5-9(12-8)11-7-3-6-10;8-4-2-5-9-7-3-1-6-10-7;5-4-2-1-3-6-4;4-2-1-3-5;1-2-3;;;/h5-10H,3-4,11-12H2,1-2H3;4-10H,2-3,11-12H2,1H3;4-5,10H,2-3,6-7H2,1H3;1,3,6,8H,2,4-5H2;1-3H;4-5H,1-3H2;2H2,1H3;1H4;;. The van der Waals surface area contributed by atoms with Gasteiger partial charge in [-0.2, -0.15) is 8.42 Å². The van der Waals surface area contributed by atoms with Gasteiger partial charge in [0.25, 0.3) is 10.1 Å². The Balaban J connectivity index is 0. The van der Waals surface area contributed by atoms with Crippen molar-refractivity contribution in [1.82, 2.24) is 0 Å². The van der Waals surface area contributed by atoms with Crippen molar-refractivity contribution in [3.05, 3.63) is 156 Å². The van der Waals surface area contributed by atoms with Gasteiger partial charge in [0.05, 0.1) is 41.7 Å². The first-order valence-electron chi connectivity index (χ1n) is 25.0. The molecule has 0 unspecified atom stereocenters. The number of thiophene rings is 5. The average Bonchev–Trinajstić information content (AvgIpc) is 4.33. The first-order chi connectivity index (χ1) is 37.4. The van der Waals surface area contributed by atoms with E-state index in [4.69, 9.17) is 47.4 Å². The molecular weight excluding hydrogens is 1290 g/mol. The van der Waals surface area contributed by atoms with Crippen LogP contribution in [0.15, 0.2) is 135 Å². The summed E-state index contributed by atoms with van der Waals surface area (Å²) < 4.78 is 59.8. The number of alkyl halides is 1. The van der Waals surface area contributed by atoms with E-state index in [0.29, 0.717) is 45.5 Å². The fourth-order valence-electron chi connectivity index (χ4n) is 5.22. The Kier molecular flexibility index (Phi) is 53.0. The molecule has 443 valence electrons. The van der Waals surface area contributed by atoms with Crippen LogP contribution < -0.4 is 18.9 Å². The summed E-state index contributed by atoms with van der Waals surface area (Å²) in [5.74, 6) is 0. The molecule has 0 amide bonds. The molecule has 0 bridgehead atoms. The van der Waals surface area contributed by atoms with Crippen molar-refractivity contribution < 1.29 is 71.8 Å². The Bertz CT molecular complexity index is 2440. The van der Waals surface area contributed by atoms with Gasteiger partial charge in [-0.05, 0) is 132 Å². The molecule has 7 aromatic rings. The van der Waals surface area contributed by atoms with Crippen molar-refractivity contribution in [2.24, 2.45) is 0 Å². The number of benzene rings is 2. The van der Waals surface area contributed by atoms with Crippen LogP contribution in [-0.2, 0) is 53.3 Å². The molecule has 5 aromatic heterocycles. The van der Waals surface area contributed by atoms with Crippen molar-refractivity contribution in [3.63, 3.8) is 0 Å².